The van der Waals surface area contributed by atoms with E-state index in [1.807, 2.05) is 19.1 Å². The third-order valence-corrected chi connectivity index (χ3v) is 5.96. The van der Waals surface area contributed by atoms with Crippen LogP contribution in [0.25, 0.3) is 0 Å². The molecule has 0 amide bonds. The van der Waals surface area contributed by atoms with Crippen molar-refractivity contribution in [2.75, 3.05) is 11.1 Å². The number of benzene rings is 3. The Hall–Kier alpha value is -3.49. The van der Waals surface area contributed by atoms with Gasteiger partial charge in [0.25, 0.3) is 0 Å². The third kappa shape index (κ3) is 3.16. The van der Waals surface area contributed by atoms with E-state index in [1.54, 1.807) is 24.3 Å². The first-order valence-electron chi connectivity index (χ1n) is 9.19. The lowest BCUT2D eigenvalue weighted by molar-refractivity contribution is 0.0980. The number of hydrogen-bond acceptors (Lipinski definition) is 7. The van der Waals surface area contributed by atoms with Gasteiger partial charge in [0, 0.05) is 16.8 Å². The van der Waals surface area contributed by atoms with Crippen molar-refractivity contribution in [1.82, 2.24) is 0 Å². The van der Waals surface area contributed by atoms with Crippen LogP contribution in [-0.2, 0) is 16.5 Å². The average molecular weight is 421 g/mol. The zero-order valence-corrected chi connectivity index (χ0v) is 16.7. The molecule has 0 atom stereocenters. The highest BCUT2D eigenvalue weighted by Crippen LogP contribution is 2.40. The second-order valence-electron chi connectivity index (χ2n) is 6.92. The van der Waals surface area contributed by atoms with E-state index in [-0.39, 0.29) is 27.9 Å². The van der Waals surface area contributed by atoms with Gasteiger partial charge in [0.1, 0.15) is 10.1 Å². The second-order valence-corrected chi connectivity index (χ2v) is 8.27. The molecule has 1 aliphatic carbocycles. The number of nitrogen functional groups attached to an aromatic ring is 1. The van der Waals surface area contributed by atoms with Gasteiger partial charge in [-0.15, -0.1) is 0 Å². The lowest BCUT2D eigenvalue weighted by atomic mass is 9.82. The van der Waals surface area contributed by atoms with Crippen LogP contribution >= 0.6 is 0 Å². The molecule has 0 unspecified atom stereocenters. The van der Waals surface area contributed by atoms with E-state index < -0.39 is 32.3 Å². The molecule has 1 aliphatic rings. The number of carbonyl (C=O) groups is 2. The Kier molecular flexibility index (Phi) is 4.68. The molecule has 3 aromatic rings. The van der Waals surface area contributed by atoms with Crippen molar-refractivity contribution in [3.8, 4) is 0 Å². The Morgan fingerprint density at radius 1 is 0.933 bits per heavy atom. The van der Waals surface area contributed by atoms with Crippen molar-refractivity contribution < 1.29 is 22.6 Å². The Morgan fingerprint density at radius 2 is 1.57 bits per heavy atom. The van der Waals surface area contributed by atoms with E-state index in [9.17, 15) is 22.6 Å². The van der Waals surface area contributed by atoms with E-state index in [2.05, 4.69) is 5.32 Å². The molecular formula is C22H17N2O5S-. The summed E-state index contributed by atoms with van der Waals surface area (Å²) in [5.41, 5.74) is 7.02. The summed E-state index contributed by atoms with van der Waals surface area (Å²) in [6.07, 6.45) is 0.764. The number of ketones is 2. The van der Waals surface area contributed by atoms with E-state index in [1.165, 1.54) is 12.1 Å². The van der Waals surface area contributed by atoms with Crippen molar-refractivity contribution in [2.45, 2.75) is 18.2 Å². The van der Waals surface area contributed by atoms with Crippen LogP contribution in [-0.4, -0.2) is 24.5 Å². The molecule has 0 heterocycles. The average Bonchev–Trinajstić information content (AvgIpc) is 2.72. The van der Waals surface area contributed by atoms with Gasteiger partial charge in [-0.3, -0.25) is 9.59 Å². The van der Waals surface area contributed by atoms with E-state index in [0.717, 1.165) is 18.1 Å². The predicted molar refractivity (Wildman–Crippen MR) is 111 cm³/mol. The summed E-state index contributed by atoms with van der Waals surface area (Å²) in [4.78, 5) is 25.6. The molecule has 8 heteroatoms. The molecule has 0 saturated carbocycles. The van der Waals surface area contributed by atoms with E-state index >= 15 is 0 Å². The molecule has 152 valence electrons. The highest BCUT2D eigenvalue weighted by atomic mass is 32.2. The van der Waals surface area contributed by atoms with Gasteiger partial charge in [-0.2, -0.15) is 0 Å². The second kappa shape index (κ2) is 7.08. The first-order valence-corrected chi connectivity index (χ1v) is 10.6. The largest absolute Gasteiger partial charge is 0.744 e. The number of nitrogens with one attached hydrogen (secondary N) is 1. The maximum atomic E-state index is 13.2. The maximum absolute atomic E-state index is 13.2. The van der Waals surface area contributed by atoms with Gasteiger partial charge in [-0.1, -0.05) is 43.3 Å². The maximum Gasteiger partial charge on any atom is 0.196 e. The zero-order chi connectivity index (χ0) is 21.6. The topological polar surface area (TPSA) is 129 Å². The number of anilines is 3. The number of rotatable bonds is 4. The molecule has 0 radical (unpaired) electrons. The Labute approximate surface area is 173 Å². The third-order valence-electron chi connectivity index (χ3n) is 5.08. The van der Waals surface area contributed by atoms with Gasteiger partial charge in [0.15, 0.2) is 11.6 Å². The minimum absolute atomic E-state index is 0.0368. The highest BCUT2D eigenvalue weighted by Gasteiger charge is 2.35. The van der Waals surface area contributed by atoms with Crippen LogP contribution in [0.5, 0.6) is 0 Å². The van der Waals surface area contributed by atoms with Crippen LogP contribution in [0.4, 0.5) is 17.1 Å². The van der Waals surface area contributed by atoms with Crippen LogP contribution in [0.2, 0.25) is 0 Å². The number of fused-ring (bicyclic) bond motifs is 2. The standard InChI is InChI=1S/C22H18N2O5S/c1-2-12-6-5-7-13(10-12)24-16-11-17(30(27,28)29)20(23)19-18(16)21(25)14-8-3-4-9-15(14)22(19)26/h3-11,24H,2,23H2,1H3,(H,27,28,29)/p-1. The Bertz CT molecular complexity index is 1330. The number of hydrogen-bond donors (Lipinski definition) is 2. The zero-order valence-electron chi connectivity index (χ0n) is 15.9. The lowest BCUT2D eigenvalue weighted by Crippen LogP contribution is -2.25. The first-order chi connectivity index (χ1) is 14.2. The molecule has 7 nitrogen and oxygen atoms in total. The van der Waals surface area contributed by atoms with E-state index in [4.69, 9.17) is 5.73 Å². The summed E-state index contributed by atoms with van der Waals surface area (Å²) in [6, 6.07) is 14.5. The summed E-state index contributed by atoms with van der Waals surface area (Å²) in [5.74, 6) is -1.08. The molecule has 0 aliphatic heterocycles. The summed E-state index contributed by atoms with van der Waals surface area (Å²) in [6.45, 7) is 1.98. The molecule has 0 saturated heterocycles. The fourth-order valence-electron chi connectivity index (χ4n) is 3.62. The van der Waals surface area contributed by atoms with Crippen molar-refractivity contribution in [1.29, 1.82) is 0 Å². The Morgan fingerprint density at radius 3 is 2.17 bits per heavy atom. The summed E-state index contributed by atoms with van der Waals surface area (Å²) >= 11 is 0. The van der Waals surface area contributed by atoms with Gasteiger partial charge in [-0.25, -0.2) is 8.42 Å². The minimum atomic E-state index is -4.99. The normalized spacial score (nSPS) is 13.0. The number of carbonyl (C=O) groups excluding carboxylic acids is 2. The Balaban J connectivity index is 2.01. The van der Waals surface area contributed by atoms with Crippen molar-refractivity contribution in [3.63, 3.8) is 0 Å². The molecular weight excluding hydrogens is 404 g/mol. The fourth-order valence-corrected chi connectivity index (χ4v) is 4.26. The highest BCUT2D eigenvalue weighted by molar-refractivity contribution is 7.86. The molecule has 3 aromatic carbocycles. The molecule has 0 spiro atoms. The molecule has 0 bridgehead atoms. The van der Waals surface area contributed by atoms with Crippen LogP contribution < -0.4 is 11.1 Å². The molecule has 4 rings (SSSR count). The van der Waals surface area contributed by atoms with Crippen LogP contribution in [0, 0.1) is 0 Å². The lowest BCUT2D eigenvalue weighted by Gasteiger charge is -2.25. The summed E-state index contributed by atoms with van der Waals surface area (Å²) < 4.78 is 35.5. The summed E-state index contributed by atoms with van der Waals surface area (Å²) in [7, 11) is -4.99. The summed E-state index contributed by atoms with van der Waals surface area (Å²) in [5, 5.41) is 3.00. The predicted octanol–water partition coefficient (Wildman–Crippen LogP) is 3.25. The van der Waals surface area contributed by atoms with Crippen LogP contribution in [0.1, 0.15) is 44.3 Å². The molecule has 30 heavy (non-hydrogen) atoms. The quantitative estimate of drug-likeness (QED) is 0.382. The number of aryl methyl sites for hydroxylation is 1. The monoisotopic (exact) mass is 421 g/mol. The number of nitrogens with two attached hydrogens (primary N) is 1. The van der Waals surface area contributed by atoms with Gasteiger partial charge in [0.05, 0.1) is 27.4 Å². The molecule has 3 N–H and O–H groups in total. The van der Waals surface area contributed by atoms with Crippen LogP contribution in [0.3, 0.4) is 0 Å². The molecule has 0 fully saturated rings. The van der Waals surface area contributed by atoms with Crippen LogP contribution in [0.15, 0.2) is 59.5 Å². The van der Waals surface area contributed by atoms with E-state index in [0.29, 0.717) is 5.69 Å². The smallest absolute Gasteiger partial charge is 0.196 e. The van der Waals surface area contributed by atoms with Gasteiger partial charge in [-0.05, 0) is 30.2 Å². The van der Waals surface area contributed by atoms with Gasteiger partial charge in [0.2, 0.25) is 0 Å². The van der Waals surface area contributed by atoms with Gasteiger partial charge >= 0.3 is 0 Å². The molecule has 0 aromatic heterocycles. The SMILES string of the molecule is CCc1cccc(Nc2cc(S(=O)(=O)[O-])c(N)c3c2C(=O)c2ccccc2C3=O)c1. The fraction of sp³-hybridized carbons (Fsp3) is 0.0909. The van der Waals surface area contributed by atoms with Crippen molar-refractivity contribution >= 4 is 38.7 Å². The minimum Gasteiger partial charge on any atom is -0.744 e. The first kappa shape index (κ1) is 19.8. The van der Waals surface area contributed by atoms with Gasteiger partial charge < -0.3 is 15.6 Å². The van der Waals surface area contributed by atoms with Crippen molar-refractivity contribution in [3.05, 3.63) is 82.4 Å². The van der Waals surface area contributed by atoms with Crippen molar-refractivity contribution in [2.24, 2.45) is 0 Å².